The topological polar surface area (TPSA) is 64.1 Å². The first-order valence-electron chi connectivity index (χ1n) is 11.2. The minimum absolute atomic E-state index is 0.0110. The van der Waals surface area contributed by atoms with E-state index in [0.29, 0.717) is 13.2 Å². The van der Waals surface area contributed by atoms with Crippen LogP contribution < -0.4 is 15.4 Å². The summed E-state index contributed by atoms with van der Waals surface area (Å²) in [7, 11) is 1.69. The molecule has 1 aromatic carbocycles. The fourth-order valence-corrected chi connectivity index (χ4v) is 4.31. The first-order chi connectivity index (χ1) is 14.3. The Morgan fingerprint density at radius 2 is 2.00 bits per heavy atom. The molecule has 1 spiro atoms. The zero-order valence-electron chi connectivity index (χ0n) is 18.0. The predicted molar refractivity (Wildman–Crippen MR) is 117 cm³/mol. The van der Waals surface area contributed by atoms with Crippen molar-refractivity contribution in [1.82, 2.24) is 10.6 Å². The molecule has 1 fully saturated rings. The second-order valence-corrected chi connectivity index (χ2v) is 8.00. The van der Waals surface area contributed by atoms with Gasteiger partial charge in [-0.3, -0.25) is 4.99 Å². The number of hydrogen-bond acceptors (Lipinski definition) is 4. The maximum atomic E-state index is 6.48. The summed E-state index contributed by atoms with van der Waals surface area (Å²) in [5, 5.41) is 7.10. The number of guanidine groups is 1. The van der Waals surface area contributed by atoms with Crippen LogP contribution in [-0.2, 0) is 9.47 Å². The molecule has 6 nitrogen and oxygen atoms in total. The summed E-state index contributed by atoms with van der Waals surface area (Å²) in [6.07, 6.45) is 7.84. The highest BCUT2D eigenvalue weighted by Crippen LogP contribution is 2.46. The number of hydrogen-bond donors (Lipinski definition) is 2. The lowest BCUT2D eigenvalue weighted by Crippen LogP contribution is -2.46. The van der Waals surface area contributed by atoms with E-state index in [-0.39, 0.29) is 11.6 Å². The van der Waals surface area contributed by atoms with Gasteiger partial charge in [-0.2, -0.15) is 0 Å². The van der Waals surface area contributed by atoms with E-state index in [2.05, 4.69) is 41.8 Å². The molecule has 6 heteroatoms. The van der Waals surface area contributed by atoms with Gasteiger partial charge in [-0.25, -0.2) is 0 Å². The SMILES string of the molecule is CCNC(=NCCCCOCCOC)NC1CC2(CCCC2)Oc2ccccc21. The predicted octanol–water partition coefficient (Wildman–Crippen LogP) is 3.82. The highest BCUT2D eigenvalue weighted by Gasteiger charge is 2.43. The number of aliphatic imine (C=N–C) groups is 1. The molecule has 29 heavy (non-hydrogen) atoms. The van der Waals surface area contributed by atoms with E-state index in [0.717, 1.165) is 63.5 Å². The summed E-state index contributed by atoms with van der Waals surface area (Å²) in [4.78, 5) is 4.80. The summed E-state index contributed by atoms with van der Waals surface area (Å²) < 4.78 is 17.0. The van der Waals surface area contributed by atoms with Gasteiger partial charge in [0.2, 0.25) is 0 Å². The minimum Gasteiger partial charge on any atom is -0.487 e. The maximum Gasteiger partial charge on any atom is 0.191 e. The standard InChI is InChI=1S/C23H37N3O3/c1-3-24-22(25-14-8-9-15-28-17-16-27-2)26-20-18-23(12-6-7-13-23)29-21-11-5-4-10-19(20)21/h4-5,10-11,20H,3,6-9,12-18H2,1-2H3,(H2,24,25,26). The van der Waals surface area contributed by atoms with Crippen molar-refractivity contribution in [2.75, 3.05) is 40.0 Å². The van der Waals surface area contributed by atoms with Crippen LogP contribution in [0.5, 0.6) is 5.75 Å². The zero-order chi connectivity index (χ0) is 20.4. The van der Waals surface area contributed by atoms with Gasteiger partial charge in [-0.05, 0) is 51.5 Å². The average molecular weight is 404 g/mol. The number of para-hydroxylation sites is 1. The molecule has 1 heterocycles. The zero-order valence-corrected chi connectivity index (χ0v) is 18.0. The Morgan fingerprint density at radius 1 is 1.17 bits per heavy atom. The summed E-state index contributed by atoms with van der Waals surface area (Å²) in [6, 6.07) is 8.68. The largest absolute Gasteiger partial charge is 0.487 e. The number of benzene rings is 1. The number of nitrogens with zero attached hydrogens (tertiary/aromatic N) is 1. The van der Waals surface area contributed by atoms with E-state index in [9.17, 15) is 0 Å². The molecule has 1 saturated carbocycles. The van der Waals surface area contributed by atoms with Crippen molar-refractivity contribution >= 4 is 5.96 Å². The van der Waals surface area contributed by atoms with E-state index in [1.165, 1.54) is 18.4 Å². The minimum atomic E-state index is -0.0110. The fraction of sp³-hybridized carbons (Fsp3) is 0.696. The highest BCUT2D eigenvalue weighted by molar-refractivity contribution is 5.80. The number of nitrogens with one attached hydrogen (secondary N) is 2. The van der Waals surface area contributed by atoms with Crippen molar-refractivity contribution in [3.05, 3.63) is 29.8 Å². The molecule has 2 aliphatic rings. The second-order valence-electron chi connectivity index (χ2n) is 8.00. The molecular weight excluding hydrogens is 366 g/mol. The molecule has 0 saturated heterocycles. The van der Waals surface area contributed by atoms with Crippen LogP contribution in [0.2, 0.25) is 0 Å². The van der Waals surface area contributed by atoms with Crippen molar-refractivity contribution in [3.63, 3.8) is 0 Å². The molecule has 0 radical (unpaired) electrons. The molecule has 3 rings (SSSR count). The van der Waals surface area contributed by atoms with Gasteiger partial charge in [0.15, 0.2) is 5.96 Å². The van der Waals surface area contributed by atoms with Gasteiger partial charge in [0.05, 0.1) is 19.3 Å². The van der Waals surface area contributed by atoms with Crippen LogP contribution in [0.1, 0.15) is 63.5 Å². The van der Waals surface area contributed by atoms with Crippen molar-refractivity contribution in [3.8, 4) is 5.75 Å². The highest BCUT2D eigenvalue weighted by atomic mass is 16.5. The smallest absolute Gasteiger partial charge is 0.191 e. The summed E-state index contributed by atoms with van der Waals surface area (Å²) in [5.41, 5.74) is 1.23. The molecule has 0 aromatic heterocycles. The molecule has 1 aromatic rings. The molecular formula is C23H37N3O3. The van der Waals surface area contributed by atoms with Crippen molar-refractivity contribution < 1.29 is 14.2 Å². The Hall–Kier alpha value is -1.79. The van der Waals surface area contributed by atoms with Crippen LogP contribution in [0.25, 0.3) is 0 Å². The van der Waals surface area contributed by atoms with Gasteiger partial charge in [0.1, 0.15) is 11.4 Å². The van der Waals surface area contributed by atoms with Gasteiger partial charge >= 0.3 is 0 Å². The van der Waals surface area contributed by atoms with Crippen molar-refractivity contribution in [1.29, 1.82) is 0 Å². The average Bonchev–Trinajstić information content (AvgIpc) is 3.17. The summed E-state index contributed by atoms with van der Waals surface area (Å²) in [5.74, 6) is 1.92. The number of methoxy groups -OCH3 is 1. The van der Waals surface area contributed by atoms with Crippen molar-refractivity contribution in [2.24, 2.45) is 4.99 Å². The fourth-order valence-electron chi connectivity index (χ4n) is 4.31. The maximum absolute atomic E-state index is 6.48. The molecule has 1 unspecified atom stereocenters. The Morgan fingerprint density at radius 3 is 2.79 bits per heavy atom. The van der Waals surface area contributed by atoms with Gasteiger partial charge < -0.3 is 24.8 Å². The van der Waals surface area contributed by atoms with Gasteiger partial charge in [-0.15, -0.1) is 0 Å². The summed E-state index contributed by atoms with van der Waals surface area (Å²) in [6.45, 7) is 5.83. The summed E-state index contributed by atoms with van der Waals surface area (Å²) >= 11 is 0. The lowest BCUT2D eigenvalue weighted by atomic mass is 9.86. The molecule has 162 valence electrons. The lowest BCUT2D eigenvalue weighted by Gasteiger charge is -2.40. The number of fused-ring (bicyclic) bond motifs is 1. The Bertz CT molecular complexity index is 644. The van der Waals surface area contributed by atoms with Crippen LogP contribution >= 0.6 is 0 Å². The third kappa shape index (κ3) is 6.34. The Balaban J connectivity index is 1.57. The van der Waals surface area contributed by atoms with E-state index >= 15 is 0 Å². The lowest BCUT2D eigenvalue weighted by molar-refractivity contribution is 0.0396. The Kier molecular flexibility index (Phi) is 8.62. The molecule has 0 amide bonds. The first kappa shape index (κ1) is 21.9. The van der Waals surface area contributed by atoms with E-state index in [1.807, 2.05) is 0 Å². The second kappa shape index (κ2) is 11.4. The molecule has 1 aliphatic carbocycles. The van der Waals surface area contributed by atoms with E-state index in [4.69, 9.17) is 19.2 Å². The molecule has 0 bridgehead atoms. The molecule has 1 atom stereocenters. The van der Waals surface area contributed by atoms with Gasteiger partial charge in [0.25, 0.3) is 0 Å². The normalized spacial score (nSPS) is 20.3. The van der Waals surface area contributed by atoms with Crippen LogP contribution in [0.3, 0.4) is 0 Å². The number of rotatable bonds is 10. The van der Waals surface area contributed by atoms with E-state index < -0.39 is 0 Å². The van der Waals surface area contributed by atoms with Crippen LogP contribution in [0, 0.1) is 0 Å². The molecule has 2 N–H and O–H groups in total. The molecule has 1 aliphatic heterocycles. The van der Waals surface area contributed by atoms with Gasteiger partial charge in [0, 0.05) is 38.8 Å². The van der Waals surface area contributed by atoms with Gasteiger partial charge in [-0.1, -0.05) is 18.2 Å². The number of unbranched alkanes of at least 4 members (excludes halogenated alkanes) is 1. The quantitative estimate of drug-likeness (QED) is 0.353. The third-order valence-electron chi connectivity index (χ3n) is 5.77. The Labute approximate surface area is 175 Å². The third-order valence-corrected chi connectivity index (χ3v) is 5.77. The van der Waals surface area contributed by atoms with Crippen LogP contribution in [0.4, 0.5) is 0 Å². The van der Waals surface area contributed by atoms with E-state index in [1.54, 1.807) is 7.11 Å². The van der Waals surface area contributed by atoms with Crippen molar-refractivity contribution in [2.45, 2.75) is 63.5 Å². The van der Waals surface area contributed by atoms with Crippen LogP contribution in [-0.4, -0.2) is 51.6 Å². The first-order valence-corrected chi connectivity index (χ1v) is 11.2. The van der Waals surface area contributed by atoms with Crippen LogP contribution in [0.15, 0.2) is 29.3 Å². The monoisotopic (exact) mass is 403 g/mol. The number of ether oxygens (including phenoxy) is 3.